The SMILES string of the molecule is CCOc1cc([C@@H]2NC(=O)NC(C)=C2C(=O)OC)ccc1OC[C@@H](O)N/N=C\c1cc(Br)c(OCc2ccccc2)c(OC)c1. The molecule has 12 nitrogen and oxygen atoms in total. The number of methoxy groups -OCH3 is 2. The van der Waals surface area contributed by atoms with Crippen LogP contribution in [0.25, 0.3) is 0 Å². The van der Waals surface area contributed by atoms with Gasteiger partial charge in [-0.2, -0.15) is 5.10 Å². The predicted molar refractivity (Wildman–Crippen MR) is 170 cm³/mol. The van der Waals surface area contributed by atoms with Gasteiger partial charge in [0.15, 0.2) is 29.2 Å². The Kier molecular flexibility index (Phi) is 11.7. The Morgan fingerprint density at radius 2 is 1.84 bits per heavy atom. The molecule has 4 N–H and O–H groups in total. The number of hydrazone groups is 1. The van der Waals surface area contributed by atoms with Crippen LogP contribution in [0, 0.1) is 0 Å². The molecule has 0 aliphatic carbocycles. The molecule has 0 saturated heterocycles. The van der Waals surface area contributed by atoms with E-state index in [0.717, 1.165) is 5.56 Å². The van der Waals surface area contributed by atoms with Crippen LogP contribution in [0.1, 0.15) is 36.6 Å². The summed E-state index contributed by atoms with van der Waals surface area (Å²) in [6, 6.07) is 17.2. The lowest BCUT2D eigenvalue weighted by Crippen LogP contribution is -2.45. The van der Waals surface area contributed by atoms with Gasteiger partial charge in [-0.3, -0.25) is 5.43 Å². The first kappa shape index (κ1) is 33.1. The standard InChI is InChI=1S/C32H35BrN4O8/c1-5-43-25-15-22(29-28(31(39)42-4)19(2)35-32(40)36-29)11-12-24(25)44-18-27(38)37-34-16-21-13-23(33)30(26(14-21)41-3)45-17-20-9-7-6-8-10-20/h6-16,27,29,37-38H,5,17-18H2,1-4H3,(H2,35,36,40)/b34-16-/t27-,29+/m1/s1. The molecule has 0 saturated carbocycles. The van der Waals surface area contributed by atoms with Crippen LogP contribution in [0.2, 0.25) is 0 Å². The summed E-state index contributed by atoms with van der Waals surface area (Å²) < 4.78 is 28.7. The highest BCUT2D eigenvalue weighted by Crippen LogP contribution is 2.37. The van der Waals surface area contributed by atoms with E-state index in [1.54, 1.807) is 38.3 Å². The number of hydrogen-bond donors (Lipinski definition) is 4. The second-order valence-electron chi connectivity index (χ2n) is 9.72. The molecule has 238 valence electrons. The molecule has 3 aromatic carbocycles. The van der Waals surface area contributed by atoms with Crippen LogP contribution in [-0.4, -0.2) is 57.0 Å². The molecule has 0 aromatic heterocycles. The average molecular weight is 684 g/mol. The van der Waals surface area contributed by atoms with Gasteiger partial charge in [0.2, 0.25) is 0 Å². The zero-order valence-corrected chi connectivity index (χ0v) is 26.8. The highest BCUT2D eigenvalue weighted by Gasteiger charge is 2.32. The van der Waals surface area contributed by atoms with Gasteiger partial charge in [0.1, 0.15) is 13.2 Å². The monoisotopic (exact) mass is 682 g/mol. The number of nitrogens with one attached hydrogen (secondary N) is 3. The van der Waals surface area contributed by atoms with E-state index in [0.29, 0.717) is 57.5 Å². The number of ether oxygens (including phenoxy) is 5. The van der Waals surface area contributed by atoms with Gasteiger partial charge in [0.05, 0.1) is 43.1 Å². The molecule has 13 heteroatoms. The molecule has 2 amide bonds. The molecule has 0 radical (unpaired) electrons. The zero-order chi connectivity index (χ0) is 32.3. The number of esters is 1. The van der Waals surface area contributed by atoms with Gasteiger partial charge in [-0.1, -0.05) is 36.4 Å². The molecule has 2 atom stereocenters. The number of urea groups is 1. The van der Waals surface area contributed by atoms with Crippen LogP contribution >= 0.6 is 15.9 Å². The summed E-state index contributed by atoms with van der Waals surface area (Å²) in [4.78, 5) is 24.6. The number of aliphatic hydroxyl groups is 1. The lowest BCUT2D eigenvalue weighted by molar-refractivity contribution is -0.136. The number of hydrogen-bond acceptors (Lipinski definition) is 10. The van der Waals surface area contributed by atoms with Gasteiger partial charge in [0, 0.05) is 5.70 Å². The molecule has 0 spiro atoms. The van der Waals surface area contributed by atoms with Crippen LogP contribution in [0.5, 0.6) is 23.0 Å². The number of benzene rings is 3. The van der Waals surface area contributed by atoms with Gasteiger partial charge in [-0.05, 0) is 70.7 Å². The summed E-state index contributed by atoms with van der Waals surface area (Å²) >= 11 is 3.54. The second-order valence-corrected chi connectivity index (χ2v) is 10.6. The molecule has 1 aliphatic heterocycles. The molecule has 1 aliphatic rings. The summed E-state index contributed by atoms with van der Waals surface area (Å²) in [6.07, 6.45) is 0.369. The van der Waals surface area contributed by atoms with E-state index in [-0.39, 0.29) is 12.2 Å². The summed E-state index contributed by atoms with van der Waals surface area (Å²) in [5.74, 6) is 1.23. The normalized spacial score (nSPS) is 15.2. The van der Waals surface area contributed by atoms with Crippen LogP contribution in [-0.2, 0) is 16.1 Å². The first-order valence-corrected chi connectivity index (χ1v) is 14.8. The Bertz CT molecular complexity index is 1560. The summed E-state index contributed by atoms with van der Waals surface area (Å²) in [5, 5.41) is 19.9. The number of nitrogens with zero attached hydrogens (tertiary/aromatic N) is 1. The number of halogens is 1. The van der Waals surface area contributed by atoms with E-state index >= 15 is 0 Å². The fourth-order valence-corrected chi connectivity index (χ4v) is 5.08. The number of carbonyl (C=O) groups is 2. The van der Waals surface area contributed by atoms with Crippen LogP contribution < -0.4 is 35.0 Å². The topological polar surface area (TPSA) is 149 Å². The van der Waals surface area contributed by atoms with Crippen molar-refractivity contribution in [1.29, 1.82) is 0 Å². The maximum atomic E-state index is 12.5. The Labute approximate surface area is 269 Å². The van der Waals surface area contributed by atoms with Crippen LogP contribution in [0.3, 0.4) is 0 Å². The Morgan fingerprint density at radius 3 is 2.56 bits per heavy atom. The van der Waals surface area contributed by atoms with E-state index in [1.165, 1.54) is 13.3 Å². The molecular weight excluding hydrogens is 648 g/mol. The molecular formula is C32H35BrN4O8. The van der Waals surface area contributed by atoms with Crippen molar-refractivity contribution >= 4 is 34.1 Å². The quantitative estimate of drug-likeness (QED) is 0.0831. The maximum absolute atomic E-state index is 12.5. The van der Waals surface area contributed by atoms with Crippen molar-refractivity contribution in [1.82, 2.24) is 16.1 Å². The summed E-state index contributed by atoms with van der Waals surface area (Å²) in [6.45, 7) is 3.99. The largest absolute Gasteiger partial charge is 0.493 e. The van der Waals surface area contributed by atoms with E-state index in [1.807, 2.05) is 43.3 Å². The van der Waals surface area contributed by atoms with Crippen molar-refractivity contribution in [2.24, 2.45) is 5.10 Å². The number of rotatable bonds is 14. The Morgan fingerprint density at radius 1 is 1.07 bits per heavy atom. The lowest BCUT2D eigenvalue weighted by Gasteiger charge is -2.28. The van der Waals surface area contributed by atoms with Crippen molar-refractivity contribution < 1.29 is 38.4 Å². The van der Waals surface area contributed by atoms with E-state index in [4.69, 9.17) is 23.7 Å². The van der Waals surface area contributed by atoms with E-state index in [9.17, 15) is 14.7 Å². The Balaban J connectivity index is 1.39. The zero-order valence-electron chi connectivity index (χ0n) is 25.3. The van der Waals surface area contributed by atoms with Gasteiger partial charge in [-0.25, -0.2) is 9.59 Å². The third kappa shape index (κ3) is 8.67. The number of aliphatic hydroxyl groups excluding tert-OH is 1. The molecule has 4 rings (SSSR count). The third-order valence-electron chi connectivity index (χ3n) is 6.59. The third-order valence-corrected chi connectivity index (χ3v) is 7.18. The summed E-state index contributed by atoms with van der Waals surface area (Å²) in [7, 11) is 2.83. The average Bonchev–Trinajstić information content (AvgIpc) is 3.03. The van der Waals surface area contributed by atoms with Crippen molar-refractivity contribution in [3.63, 3.8) is 0 Å². The molecule has 45 heavy (non-hydrogen) atoms. The van der Waals surface area contributed by atoms with E-state index in [2.05, 4.69) is 37.1 Å². The first-order chi connectivity index (χ1) is 21.7. The van der Waals surface area contributed by atoms with Gasteiger partial charge >= 0.3 is 12.0 Å². The van der Waals surface area contributed by atoms with Gasteiger partial charge in [-0.15, -0.1) is 0 Å². The Hall–Kier alpha value is -4.75. The maximum Gasteiger partial charge on any atom is 0.337 e. The fraction of sp³-hybridized carbons (Fsp3) is 0.281. The fourth-order valence-electron chi connectivity index (χ4n) is 4.50. The van der Waals surface area contributed by atoms with E-state index < -0.39 is 24.3 Å². The van der Waals surface area contributed by atoms with Crippen molar-refractivity contribution in [2.75, 3.05) is 27.4 Å². The summed E-state index contributed by atoms with van der Waals surface area (Å²) in [5.41, 5.74) is 5.59. The molecule has 3 aromatic rings. The minimum absolute atomic E-state index is 0.160. The van der Waals surface area contributed by atoms with Crippen molar-refractivity contribution in [3.8, 4) is 23.0 Å². The molecule has 0 unspecified atom stereocenters. The lowest BCUT2D eigenvalue weighted by atomic mass is 9.95. The smallest absolute Gasteiger partial charge is 0.337 e. The van der Waals surface area contributed by atoms with Crippen molar-refractivity contribution in [2.45, 2.75) is 32.7 Å². The molecule has 1 heterocycles. The highest BCUT2D eigenvalue weighted by molar-refractivity contribution is 9.10. The van der Waals surface area contributed by atoms with Crippen LogP contribution in [0.4, 0.5) is 4.79 Å². The van der Waals surface area contributed by atoms with Gasteiger partial charge < -0.3 is 39.4 Å². The number of carbonyl (C=O) groups excluding carboxylic acids is 2. The number of allylic oxidation sites excluding steroid dienone is 1. The first-order valence-electron chi connectivity index (χ1n) is 14.0. The number of amides is 2. The second kappa shape index (κ2) is 15.8. The molecule has 0 fully saturated rings. The molecule has 0 bridgehead atoms. The predicted octanol–water partition coefficient (Wildman–Crippen LogP) is 4.56. The van der Waals surface area contributed by atoms with Crippen LogP contribution in [0.15, 0.2) is 81.5 Å². The minimum atomic E-state index is -1.16. The van der Waals surface area contributed by atoms with Gasteiger partial charge in [0.25, 0.3) is 0 Å². The highest BCUT2D eigenvalue weighted by atomic mass is 79.9. The van der Waals surface area contributed by atoms with Crippen molar-refractivity contribution in [3.05, 3.63) is 93.1 Å². The minimum Gasteiger partial charge on any atom is -0.493 e.